The van der Waals surface area contributed by atoms with Gasteiger partial charge in [0, 0.05) is 37.4 Å². The summed E-state index contributed by atoms with van der Waals surface area (Å²) < 4.78 is 0. The number of aryl methyl sites for hydroxylation is 2. The third-order valence-corrected chi connectivity index (χ3v) is 4.26. The Morgan fingerprint density at radius 3 is 2.33 bits per heavy atom. The molecular weight excluding hydrogens is 304 g/mol. The van der Waals surface area contributed by atoms with Crippen LogP contribution in [0.15, 0.2) is 30.3 Å². The van der Waals surface area contributed by atoms with Crippen LogP contribution in [0.25, 0.3) is 0 Å². The molecule has 3 rings (SSSR count). The molecule has 0 spiro atoms. The van der Waals surface area contributed by atoms with Crippen molar-refractivity contribution in [3.05, 3.63) is 52.8 Å². The average molecular weight is 326 g/mol. The minimum atomic E-state index is -0.0794. The van der Waals surface area contributed by atoms with Gasteiger partial charge in [0.1, 0.15) is 5.69 Å². The average Bonchev–Trinajstić information content (AvgIpc) is 2.86. The summed E-state index contributed by atoms with van der Waals surface area (Å²) in [7, 11) is 0. The van der Waals surface area contributed by atoms with Gasteiger partial charge in [0.15, 0.2) is 0 Å². The fraction of sp³-hybridized carbons (Fsp3) is 0.389. The molecule has 0 saturated carbocycles. The maximum Gasteiger partial charge on any atom is 0.274 e. The highest BCUT2D eigenvalue weighted by Gasteiger charge is 2.24. The molecule has 1 fully saturated rings. The molecule has 24 heavy (non-hydrogen) atoms. The van der Waals surface area contributed by atoms with Crippen LogP contribution in [0.3, 0.4) is 0 Å². The number of hydrogen-bond donors (Lipinski definition) is 1. The number of nitrogens with zero attached hydrogens (tertiary/aromatic N) is 3. The molecule has 0 unspecified atom stereocenters. The molecule has 1 aliphatic rings. The van der Waals surface area contributed by atoms with Crippen LogP contribution in [-0.4, -0.2) is 58.0 Å². The van der Waals surface area contributed by atoms with Crippen LogP contribution in [0.1, 0.15) is 38.5 Å². The van der Waals surface area contributed by atoms with Crippen molar-refractivity contribution in [2.45, 2.75) is 20.3 Å². The number of H-pyrrole nitrogens is 1. The van der Waals surface area contributed by atoms with Crippen LogP contribution < -0.4 is 0 Å². The largest absolute Gasteiger partial charge is 0.337 e. The zero-order valence-electron chi connectivity index (χ0n) is 14.1. The Morgan fingerprint density at radius 2 is 1.71 bits per heavy atom. The molecule has 1 saturated heterocycles. The Morgan fingerprint density at radius 1 is 1.00 bits per heavy atom. The molecule has 2 aromatic rings. The van der Waals surface area contributed by atoms with Crippen molar-refractivity contribution in [2.75, 3.05) is 26.2 Å². The second-order valence-corrected chi connectivity index (χ2v) is 6.24. The minimum absolute atomic E-state index is 0.0311. The number of hydrogen-bond acceptors (Lipinski definition) is 3. The third-order valence-electron chi connectivity index (χ3n) is 4.26. The van der Waals surface area contributed by atoms with Gasteiger partial charge in [-0.1, -0.05) is 17.7 Å². The molecule has 6 nitrogen and oxygen atoms in total. The van der Waals surface area contributed by atoms with Crippen LogP contribution in [0, 0.1) is 13.8 Å². The highest BCUT2D eigenvalue weighted by atomic mass is 16.2. The van der Waals surface area contributed by atoms with Gasteiger partial charge in [-0.05, 0) is 38.5 Å². The lowest BCUT2D eigenvalue weighted by Crippen LogP contribution is -2.37. The maximum absolute atomic E-state index is 12.7. The van der Waals surface area contributed by atoms with E-state index in [1.807, 2.05) is 43.0 Å². The second-order valence-electron chi connectivity index (χ2n) is 6.24. The van der Waals surface area contributed by atoms with Crippen molar-refractivity contribution < 1.29 is 9.59 Å². The molecule has 1 aromatic heterocycles. The topological polar surface area (TPSA) is 69.3 Å². The number of aromatic nitrogens is 2. The van der Waals surface area contributed by atoms with E-state index in [-0.39, 0.29) is 11.8 Å². The standard InChI is InChI=1S/C18H22N4O2/c1-13-5-3-6-15(11-13)17(23)21-7-4-8-22(10-9-21)18(24)16-12-14(2)19-20-16/h3,5-6,11-12H,4,7-10H2,1-2H3,(H,19,20). The SMILES string of the molecule is Cc1cccc(C(=O)N2CCCN(C(=O)c3cc(C)[nH]n3)CC2)c1. The highest BCUT2D eigenvalue weighted by molar-refractivity contribution is 5.95. The zero-order valence-corrected chi connectivity index (χ0v) is 14.1. The van der Waals surface area contributed by atoms with Crippen molar-refractivity contribution in [1.29, 1.82) is 0 Å². The Hall–Kier alpha value is -2.63. The molecule has 0 bridgehead atoms. The lowest BCUT2D eigenvalue weighted by molar-refractivity contribution is 0.0715. The number of benzene rings is 1. The zero-order chi connectivity index (χ0) is 17.1. The lowest BCUT2D eigenvalue weighted by atomic mass is 10.1. The normalized spacial score (nSPS) is 15.2. The van der Waals surface area contributed by atoms with E-state index in [1.165, 1.54) is 0 Å². The number of carbonyl (C=O) groups excluding carboxylic acids is 2. The number of aromatic amines is 1. The van der Waals surface area contributed by atoms with Gasteiger partial charge in [0.05, 0.1) is 0 Å². The predicted molar refractivity (Wildman–Crippen MR) is 90.9 cm³/mol. The Balaban J connectivity index is 1.66. The molecule has 126 valence electrons. The Kier molecular flexibility index (Phi) is 4.64. The molecule has 1 aromatic carbocycles. The van der Waals surface area contributed by atoms with E-state index in [9.17, 15) is 9.59 Å². The van der Waals surface area contributed by atoms with Gasteiger partial charge in [-0.3, -0.25) is 14.7 Å². The van der Waals surface area contributed by atoms with Gasteiger partial charge >= 0.3 is 0 Å². The van der Waals surface area contributed by atoms with Crippen molar-refractivity contribution in [3.8, 4) is 0 Å². The maximum atomic E-state index is 12.7. The molecule has 0 radical (unpaired) electrons. The van der Waals surface area contributed by atoms with Crippen LogP contribution in [-0.2, 0) is 0 Å². The second kappa shape index (κ2) is 6.86. The molecule has 6 heteroatoms. The summed E-state index contributed by atoms with van der Waals surface area (Å²) in [5.41, 5.74) is 3.08. The summed E-state index contributed by atoms with van der Waals surface area (Å²) in [6.45, 7) is 6.22. The van der Waals surface area contributed by atoms with Crippen LogP contribution in [0.2, 0.25) is 0 Å². The van der Waals surface area contributed by atoms with Crippen LogP contribution in [0.4, 0.5) is 0 Å². The van der Waals surface area contributed by atoms with E-state index in [0.29, 0.717) is 37.4 Å². The Bertz CT molecular complexity index is 753. The summed E-state index contributed by atoms with van der Waals surface area (Å²) in [5, 5.41) is 6.83. The molecule has 2 amide bonds. The van der Waals surface area contributed by atoms with Crippen LogP contribution >= 0.6 is 0 Å². The molecule has 1 aliphatic heterocycles. The monoisotopic (exact) mass is 326 g/mol. The summed E-state index contributed by atoms with van der Waals surface area (Å²) in [6, 6.07) is 9.38. The van der Waals surface area contributed by atoms with Gasteiger partial charge < -0.3 is 9.80 Å². The summed E-state index contributed by atoms with van der Waals surface area (Å²) in [4.78, 5) is 28.8. The quantitative estimate of drug-likeness (QED) is 0.918. The first-order chi connectivity index (χ1) is 11.5. The first-order valence-corrected chi connectivity index (χ1v) is 8.22. The number of rotatable bonds is 2. The van der Waals surface area contributed by atoms with Gasteiger partial charge in [-0.25, -0.2) is 0 Å². The number of carbonyl (C=O) groups is 2. The van der Waals surface area contributed by atoms with E-state index >= 15 is 0 Å². The minimum Gasteiger partial charge on any atom is -0.337 e. The van der Waals surface area contributed by atoms with E-state index < -0.39 is 0 Å². The first kappa shape index (κ1) is 16.2. The van der Waals surface area contributed by atoms with Gasteiger partial charge in [0.25, 0.3) is 11.8 Å². The van der Waals surface area contributed by atoms with Crippen LogP contribution in [0.5, 0.6) is 0 Å². The Labute approximate surface area is 141 Å². The molecule has 0 atom stereocenters. The van der Waals surface area contributed by atoms with Gasteiger partial charge in [-0.2, -0.15) is 5.10 Å². The molecule has 2 heterocycles. The van der Waals surface area contributed by atoms with Crippen molar-refractivity contribution in [1.82, 2.24) is 20.0 Å². The van der Waals surface area contributed by atoms with E-state index in [1.54, 1.807) is 11.0 Å². The summed E-state index contributed by atoms with van der Waals surface area (Å²) >= 11 is 0. The number of nitrogens with one attached hydrogen (secondary N) is 1. The van der Waals surface area contributed by atoms with Gasteiger partial charge in [-0.15, -0.1) is 0 Å². The van der Waals surface area contributed by atoms with Crippen molar-refractivity contribution in [3.63, 3.8) is 0 Å². The first-order valence-electron chi connectivity index (χ1n) is 8.22. The third kappa shape index (κ3) is 3.48. The summed E-state index contributed by atoms with van der Waals surface area (Å²) in [5.74, 6) is -0.0483. The van der Waals surface area contributed by atoms with E-state index in [4.69, 9.17) is 0 Å². The smallest absolute Gasteiger partial charge is 0.274 e. The van der Waals surface area contributed by atoms with Gasteiger partial charge in [0.2, 0.25) is 0 Å². The van der Waals surface area contributed by atoms with E-state index in [0.717, 1.165) is 17.7 Å². The fourth-order valence-corrected chi connectivity index (χ4v) is 2.97. The van der Waals surface area contributed by atoms with E-state index in [2.05, 4.69) is 10.2 Å². The predicted octanol–water partition coefficient (Wildman–Crippen LogP) is 2.01. The van der Waals surface area contributed by atoms with Crippen molar-refractivity contribution in [2.24, 2.45) is 0 Å². The van der Waals surface area contributed by atoms with Crippen molar-refractivity contribution >= 4 is 11.8 Å². The number of amides is 2. The molecule has 1 N–H and O–H groups in total. The molecular formula is C18H22N4O2. The molecule has 0 aliphatic carbocycles. The highest BCUT2D eigenvalue weighted by Crippen LogP contribution is 2.13. The lowest BCUT2D eigenvalue weighted by Gasteiger charge is -2.22. The summed E-state index contributed by atoms with van der Waals surface area (Å²) in [6.07, 6.45) is 0.771. The fourth-order valence-electron chi connectivity index (χ4n) is 2.97.